The van der Waals surface area contributed by atoms with Gasteiger partial charge in [-0.25, -0.2) is 0 Å². The molecular formula is C22H23O2S+. The highest BCUT2D eigenvalue weighted by Crippen LogP contribution is 2.37. The van der Waals surface area contributed by atoms with Gasteiger partial charge >= 0.3 is 0 Å². The minimum atomic E-state index is -0.233. The first-order chi connectivity index (χ1) is 12.1. The highest BCUT2D eigenvalue weighted by Gasteiger charge is 2.32. The molecule has 0 aliphatic rings. The van der Waals surface area contributed by atoms with E-state index in [2.05, 4.69) is 68.4 Å². The van der Waals surface area contributed by atoms with Crippen LogP contribution in [0.15, 0.2) is 81.4 Å². The Hall–Kier alpha value is -2.39. The highest BCUT2D eigenvalue weighted by molar-refractivity contribution is 7.97. The van der Waals surface area contributed by atoms with Gasteiger partial charge in [0.05, 0.1) is 14.2 Å². The van der Waals surface area contributed by atoms with Gasteiger partial charge in [-0.2, -0.15) is 0 Å². The van der Waals surface area contributed by atoms with E-state index in [-0.39, 0.29) is 10.9 Å². The molecule has 1 unspecified atom stereocenters. The third-order valence-corrected chi connectivity index (χ3v) is 6.36. The number of aryl methyl sites for hydroxylation is 2. The predicted octanol–water partition coefficient (Wildman–Crippen LogP) is 5.42. The average Bonchev–Trinajstić information content (AvgIpc) is 2.65. The Morgan fingerprint density at radius 2 is 1.20 bits per heavy atom. The molecule has 0 bridgehead atoms. The maximum Gasteiger partial charge on any atom is 0.208 e. The molecule has 3 aromatic carbocycles. The van der Waals surface area contributed by atoms with Gasteiger partial charge < -0.3 is 9.47 Å². The van der Waals surface area contributed by atoms with Crippen molar-refractivity contribution < 1.29 is 9.47 Å². The fourth-order valence-electron chi connectivity index (χ4n) is 2.72. The number of hydrogen-bond donors (Lipinski definition) is 0. The van der Waals surface area contributed by atoms with Crippen LogP contribution in [0.5, 0.6) is 11.5 Å². The molecule has 0 saturated heterocycles. The van der Waals surface area contributed by atoms with Crippen LogP contribution in [0.4, 0.5) is 0 Å². The normalized spacial score (nSPS) is 11.8. The quantitative estimate of drug-likeness (QED) is 0.572. The highest BCUT2D eigenvalue weighted by atomic mass is 32.2. The van der Waals surface area contributed by atoms with E-state index >= 15 is 0 Å². The minimum absolute atomic E-state index is 0.233. The van der Waals surface area contributed by atoms with Crippen molar-refractivity contribution in [1.29, 1.82) is 0 Å². The summed E-state index contributed by atoms with van der Waals surface area (Å²) in [6, 6.07) is 23.5. The maximum absolute atomic E-state index is 5.70. The second kappa shape index (κ2) is 7.66. The largest absolute Gasteiger partial charge is 0.497 e. The monoisotopic (exact) mass is 351 g/mol. The van der Waals surface area contributed by atoms with E-state index in [0.29, 0.717) is 0 Å². The SMILES string of the molecule is COc1ccc([S+](c2ccc(C)cc2)c2ccc(C)cc2OC)cc1. The zero-order valence-electron chi connectivity index (χ0n) is 15.1. The summed E-state index contributed by atoms with van der Waals surface area (Å²) < 4.78 is 11.0. The van der Waals surface area contributed by atoms with Gasteiger partial charge in [0, 0.05) is 0 Å². The Morgan fingerprint density at radius 1 is 0.640 bits per heavy atom. The van der Waals surface area contributed by atoms with Crippen LogP contribution >= 0.6 is 0 Å². The summed E-state index contributed by atoms with van der Waals surface area (Å²) in [5.74, 6) is 1.80. The van der Waals surface area contributed by atoms with Gasteiger partial charge in [-0.3, -0.25) is 0 Å². The molecule has 2 nitrogen and oxygen atoms in total. The van der Waals surface area contributed by atoms with Crippen molar-refractivity contribution in [2.75, 3.05) is 14.2 Å². The summed E-state index contributed by atoms with van der Waals surface area (Å²) in [6.45, 7) is 4.20. The molecule has 0 aliphatic heterocycles. The second-order valence-corrected chi connectivity index (χ2v) is 7.94. The lowest BCUT2D eigenvalue weighted by Crippen LogP contribution is -2.07. The molecule has 0 saturated carbocycles. The molecule has 0 aliphatic carbocycles. The Kier molecular flexibility index (Phi) is 5.34. The van der Waals surface area contributed by atoms with E-state index < -0.39 is 0 Å². The lowest BCUT2D eigenvalue weighted by molar-refractivity contribution is 0.404. The third-order valence-electron chi connectivity index (χ3n) is 4.09. The zero-order valence-corrected chi connectivity index (χ0v) is 15.9. The number of methoxy groups -OCH3 is 2. The van der Waals surface area contributed by atoms with Gasteiger partial charge in [-0.05, 0) is 67.9 Å². The van der Waals surface area contributed by atoms with Gasteiger partial charge in [-0.15, -0.1) is 0 Å². The maximum atomic E-state index is 5.70. The molecule has 3 heteroatoms. The van der Waals surface area contributed by atoms with Crippen LogP contribution in [0.1, 0.15) is 11.1 Å². The Bertz CT molecular complexity index is 839. The molecule has 0 amide bonds. The molecule has 3 rings (SSSR count). The van der Waals surface area contributed by atoms with Crippen molar-refractivity contribution >= 4 is 10.9 Å². The zero-order chi connectivity index (χ0) is 17.8. The standard InChI is InChI=1S/C22H23O2S/c1-16-5-10-19(11-6-16)25(20-12-8-18(23-3)9-13-20)22-14-7-17(2)15-21(22)24-4/h5-15H,1-4H3/q+1. The van der Waals surface area contributed by atoms with Crippen molar-refractivity contribution in [3.05, 3.63) is 77.9 Å². The third kappa shape index (κ3) is 3.83. The summed E-state index contributed by atoms with van der Waals surface area (Å²) in [5.41, 5.74) is 2.46. The van der Waals surface area contributed by atoms with E-state index in [1.165, 1.54) is 25.8 Å². The summed E-state index contributed by atoms with van der Waals surface area (Å²) in [4.78, 5) is 3.71. The molecule has 0 spiro atoms. The smallest absolute Gasteiger partial charge is 0.208 e. The van der Waals surface area contributed by atoms with Gasteiger partial charge in [0.2, 0.25) is 4.90 Å². The first kappa shape index (κ1) is 17.4. The number of rotatable bonds is 5. The van der Waals surface area contributed by atoms with Gasteiger partial charge in [0.1, 0.15) is 16.6 Å². The van der Waals surface area contributed by atoms with Crippen molar-refractivity contribution in [3.63, 3.8) is 0 Å². The van der Waals surface area contributed by atoms with E-state index in [1.807, 2.05) is 12.1 Å². The van der Waals surface area contributed by atoms with Crippen LogP contribution in [0.2, 0.25) is 0 Å². The Labute approximate surface area is 152 Å². The topological polar surface area (TPSA) is 18.5 Å². The summed E-state index contributed by atoms with van der Waals surface area (Å²) in [6.07, 6.45) is 0. The number of hydrogen-bond acceptors (Lipinski definition) is 2. The van der Waals surface area contributed by atoms with Gasteiger partial charge in [-0.1, -0.05) is 23.8 Å². The molecular weight excluding hydrogens is 328 g/mol. The minimum Gasteiger partial charge on any atom is -0.497 e. The van der Waals surface area contributed by atoms with Gasteiger partial charge in [0.25, 0.3) is 0 Å². The van der Waals surface area contributed by atoms with Crippen LogP contribution < -0.4 is 9.47 Å². The molecule has 1 atom stereocenters. The number of ether oxygens (including phenoxy) is 2. The molecule has 0 aromatic heterocycles. The fraction of sp³-hybridized carbons (Fsp3) is 0.182. The number of benzene rings is 3. The lowest BCUT2D eigenvalue weighted by atomic mass is 10.2. The summed E-state index contributed by atoms with van der Waals surface area (Å²) in [5, 5.41) is 0. The van der Waals surface area contributed by atoms with Crippen LogP contribution in [0.25, 0.3) is 0 Å². The molecule has 25 heavy (non-hydrogen) atoms. The predicted molar refractivity (Wildman–Crippen MR) is 104 cm³/mol. The first-order valence-corrected chi connectivity index (χ1v) is 9.44. The van der Waals surface area contributed by atoms with Crippen molar-refractivity contribution in [3.8, 4) is 11.5 Å². The Morgan fingerprint density at radius 3 is 1.76 bits per heavy atom. The van der Waals surface area contributed by atoms with Crippen LogP contribution in [0, 0.1) is 13.8 Å². The van der Waals surface area contributed by atoms with Gasteiger partial charge in [0.15, 0.2) is 15.5 Å². The second-order valence-electron chi connectivity index (χ2n) is 5.95. The molecule has 128 valence electrons. The van der Waals surface area contributed by atoms with Crippen LogP contribution in [0.3, 0.4) is 0 Å². The van der Waals surface area contributed by atoms with E-state index in [0.717, 1.165) is 11.5 Å². The first-order valence-electron chi connectivity index (χ1n) is 8.22. The van der Waals surface area contributed by atoms with Crippen molar-refractivity contribution in [2.24, 2.45) is 0 Å². The lowest BCUT2D eigenvalue weighted by Gasteiger charge is -2.12. The summed E-state index contributed by atoms with van der Waals surface area (Å²) in [7, 11) is 3.20. The van der Waals surface area contributed by atoms with Crippen LogP contribution in [-0.4, -0.2) is 14.2 Å². The molecule has 3 aromatic rings. The average molecular weight is 351 g/mol. The van der Waals surface area contributed by atoms with E-state index in [1.54, 1.807) is 14.2 Å². The van der Waals surface area contributed by atoms with E-state index in [9.17, 15) is 0 Å². The molecule has 0 fully saturated rings. The van der Waals surface area contributed by atoms with Crippen molar-refractivity contribution in [1.82, 2.24) is 0 Å². The fourth-order valence-corrected chi connectivity index (χ4v) is 4.86. The van der Waals surface area contributed by atoms with Crippen molar-refractivity contribution in [2.45, 2.75) is 28.5 Å². The van der Waals surface area contributed by atoms with Crippen LogP contribution in [-0.2, 0) is 10.9 Å². The molecule has 0 N–H and O–H groups in total. The molecule has 0 heterocycles. The van der Waals surface area contributed by atoms with E-state index in [4.69, 9.17) is 9.47 Å². The summed E-state index contributed by atoms with van der Waals surface area (Å²) >= 11 is 0. The molecule has 0 radical (unpaired) electrons. The Balaban J connectivity index is 2.16.